The number of piperazine rings is 1. The number of amides is 1. The molecule has 0 aromatic heterocycles. The number of halogens is 1. The van der Waals surface area contributed by atoms with Crippen LogP contribution in [-0.4, -0.2) is 44.1 Å². The van der Waals surface area contributed by atoms with Gasteiger partial charge in [-0.3, -0.25) is 9.59 Å². The van der Waals surface area contributed by atoms with Crippen LogP contribution in [0.25, 0.3) is 0 Å². The van der Waals surface area contributed by atoms with E-state index in [0.717, 1.165) is 31.7 Å². The van der Waals surface area contributed by atoms with E-state index < -0.39 is 23.7 Å². The van der Waals surface area contributed by atoms with E-state index in [1.165, 1.54) is 6.07 Å². The minimum Gasteiger partial charge on any atom is -0.461 e. The molecule has 1 saturated heterocycles. The Morgan fingerprint density at radius 3 is 2.59 bits per heavy atom. The number of esters is 1. The van der Waals surface area contributed by atoms with Gasteiger partial charge >= 0.3 is 5.97 Å². The van der Waals surface area contributed by atoms with Crippen molar-refractivity contribution in [1.82, 2.24) is 5.32 Å². The summed E-state index contributed by atoms with van der Waals surface area (Å²) in [5, 5.41) is 5.76. The van der Waals surface area contributed by atoms with Crippen molar-refractivity contribution in [2.45, 2.75) is 19.1 Å². The van der Waals surface area contributed by atoms with E-state index in [2.05, 4.69) is 10.6 Å². The summed E-state index contributed by atoms with van der Waals surface area (Å²) in [4.78, 5) is 26.1. The van der Waals surface area contributed by atoms with Gasteiger partial charge in [0.2, 0.25) is 5.91 Å². The lowest BCUT2D eigenvalue weighted by Crippen LogP contribution is -2.43. The second kappa shape index (κ2) is 9.99. The van der Waals surface area contributed by atoms with Crippen molar-refractivity contribution in [3.8, 4) is 0 Å². The first-order valence-corrected chi connectivity index (χ1v) is 9.54. The summed E-state index contributed by atoms with van der Waals surface area (Å²) in [5.74, 6) is -1.56. The lowest BCUT2D eigenvalue weighted by Gasteiger charge is -2.29. The Balaban J connectivity index is 1.49. The van der Waals surface area contributed by atoms with E-state index >= 15 is 0 Å². The van der Waals surface area contributed by atoms with Crippen LogP contribution >= 0.6 is 0 Å². The minimum absolute atomic E-state index is 0.118. The maximum Gasteiger partial charge on any atom is 0.308 e. The van der Waals surface area contributed by atoms with E-state index in [4.69, 9.17) is 10.5 Å². The van der Waals surface area contributed by atoms with Crippen LogP contribution in [0.1, 0.15) is 12.0 Å². The zero-order valence-electron chi connectivity index (χ0n) is 16.1. The fourth-order valence-corrected chi connectivity index (χ4v) is 3.05. The molecular formula is C21H25FN4O3. The summed E-state index contributed by atoms with van der Waals surface area (Å²) < 4.78 is 19.6. The highest BCUT2D eigenvalue weighted by Gasteiger charge is 2.20. The first-order valence-electron chi connectivity index (χ1n) is 9.54. The van der Waals surface area contributed by atoms with Crippen LogP contribution in [-0.2, 0) is 20.9 Å². The molecular weight excluding hydrogens is 375 g/mol. The van der Waals surface area contributed by atoms with Gasteiger partial charge in [0, 0.05) is 31.9 Å². The highest BCUT2D eigenvalue weighted by atomic mass is 19.1. The van der Waals surface area contributed by atoms with E-state index in [1.807, 2.05) is 35.2 Å². The number of hydrogen-bond acceptors (Lipinski definition) is 6. The monoisotopic (exact) mass is 400 g/mol. The number of nitrogens with zero attached hydrogens (tertiary/aromatic N) is 1. The zero-order valence-corrected chi connectivity index (χ0v) is 16.1. The largest absolute Gasteiger partial charge is 0.461 e. The summed E-state index contributed by atoms with van der Waals surface area (Å²) in [6, 6.07) is 12.6. The van der Waals surface area contributed by atoms with Crippen molar-refractivity contribution < 1.29 is 18.7 Å². The topological polar surface area (TPSA) is 96.7 Å². The third kappa shape index (κ3) is 6.00. The van der Waals surface area contributed by atoms with Crippen molar-refractivity contribution in [3.05, 3.63) is 59.9 Å². The minimum atomic E-state index is -1.09. The molecule has 1 aliphatic rings. The fraction of sp³-hybridized carbons (Fsp3) is 0.333. The van der Waals surface area contributed by atoms with Gasteiger partial charge in [-0.1, -0.05) is 30.3 Å². The van der Waals surface area contributed by atoms with E-state index in [-0.39, 0.29) is 13.0 Å². The van der Waals surface area contributed by atoms with Gasteiger partial charge in [-0.05, 0) is 23.8 Å². The number of carbonyl (C=O) groups is 2. The lowest BCUT2D eigenvalue weighted by atomic mass is 10.2. The highest BCUT2D eigenvalue weighted by Crippen LogP contribution is 2.23. The summed E-state index contributed by atoms with van der Waals surface area (Å²) >= 11 is 0. The van der Waals surface area contributed by atoms with Gasteiger partial charge in [-0.25, -0.2) is 4.39 Å². The van der Waals surface area contributed by atoms with Crippen LogP contribution in [0.3, 0.4) is 0 Å². The molecule has 1 atom stereocenters. The smallest absolute Gasteiger partial charge is 0.308 e. The molecule has 0 aliphatic carbocycles. The molecule has 154 valence electrons. The van der Waals surface area contributed by atoms with Gasteiger partial charge < -0.3 is 26.0 Å². The number of nitrogens with one attached hydrogen (secondary N) is 2. The molecule has 0 bridgehead atoms. The predicted octanol–water partition coefficient (Wildman–Crippen LogP) is 1.63. The number of ether oxygens (including phenoxy) is 1. The first-order chi connectivity index (χ1) is 14.0. The average molecular weight is 400 g/mol. The van der Waals surface area contributed by atoms with Gasteiger partial charge in [0.1, 0.15) is 12.4 Å². The molecule has 1 heterocycles. The predicted molar refractivity (Wildman–Crippen MR) is 109 cm³/mol. The SMILES string of the molecule is NC(CC(=O)OCc1ccccc1)C(=O)Nc1ccc(N2CCNCC2)c(F)c1. The molecule has 1 aliphatic heterocycles. The van der Waals surface area contributed by atoms with Gasteiger partial charge in [0.05, 0.1) is 18.2 Å². The normalized spacial score (nSPS) is 14.9. The molecule has 4 N–H and O–H groups in total. The van der Waals surface area contributed by atoms with Crippen LogP contribution in [0.5, 0.6) is 0 Å². The van der Waals surface area contributed by atoms with Gasteiger partial charge in [0.15, 0.2) is 0 Å². The Labute approximate surface area is 169 Å². The standard InChI is InChI=1S/C21H25FN4O3/c22-17-12-16(6-7-19(17)26-10-8-24-9-11-26)25-21(28)18(23)13-20(27)29-14-15-4-2-1-3-5-15/h1-7,12,18,24H,8-11,13-14,23H2,(H,25,28). The Morgan fingerprint density at radius 1 is 1.17 bits per heavy atom. The average Bonchev–Trinajstić information content (AvgIpc) is 2.73. The molecule has 2 aromatic rings. The molecule has 7 nitrogen and oxygen atoms in total. The summed E-state index contributed by atoms with van der Waals surface area (Å²) in [5.41, 5.74) is 7.43. The van der Waals surface area contributed by atoms with Crippen molar-refractivity contribution in [1.29, 1.82) is 0 Å². The summed E-state index contributed by atoms with van der Waals surface area (Å²) in [6.45, 7) is 3.16. The van der Waals surface area contributed by atoms with Crippen molar-refractivity contribution in [2.75, 3.05) is 36.4 Å². The maximum atomic E-state index is 14.4. The third-order valence-corrected chi connectivity index (χ3v) is 4.64. The van der Waals surface area contributed by atoms with E-state index in [1.54, 1.807) is 12.1 Å². The van der Waals surface area contributed by atoms with Crippen LogP contribution < -0.4 is 21.3 Å². The number of anilines is 2. The van der Waals surface area contributed by atoms with E-state index in [0.29, 0.717) is 11.4 Å². The molecule has 1 fully saturated rings. The Kier molecular flexibility index (Phi) is 7.15. The highest BCUT2D eigenvalue weighted by molar-refractivity contribution is 5.96. The molecule has 3 rings (SSSR count). The van der Waals surface area contributed by atoms with Crippen LogP contribution in [0.2, 0.25) is 0 Å². The van der Waals surface area contributed by atoms with Gasteiger partial charge in [0.25, 0.3) is 0 Å². The van der Waals surface area contributed by atoms with Crippen LogP contribution in [0.15, 0.2) is 48.5 Å². The van der Waals surface area contributed by atoms with Crippen molar-refractivity contribution in [2.24, 2.45) is 5.73 Å². The maximum absolute atomic E-state index is 14.4. The fourth-order valence-electron chi connectivity index (χ4n) is 3.05. The molecule has 8 heteroatoms. The number of nitrogens with two attached hydrogens (primary N) is 1. The number of carbonyl (C=O) groups excluding carboxylic acids is 2. The Bertz CT molecular complexity index is 841. The number of hydrogen-bond donors (Lipinski definition) is 3. The molecule has 29 heavy (non-hydrogen) atoms. The third-order valence-electron chi connectivity index (χ3n) is 4.64. The molecule has 0 spiro atoms. The molecule has 1 amide bonds. The Hall–Kier alpha value is -2.97. The Morgan fingerprint density at radius 2 is 1.90 bits per heavy atom. The second-order valence-corrected chi connectivity index (χ2v) is 6.85. The van der Waals surface area contributed by atoms with Gasteiger partial charge in [-0.15, -0.1) is 0 Å². The second-order valence-electron chi connectivity index (χ2n) is 6.85. The molecule has 0 saturated carbocycles. The summed E-state index contributed by atoms with van der Waals surface area (Å²) in [7, 11) is 0. The van der Waals surface area contributed by atoms with Crippen molar-refractivity contribution >= 4 is 23.3 Å². The zero-order chi connectivity index (χ0) is 20.6. The molecule has 0 radical (unpaired) electrons. The van der Waals surface area contributed by atoms with Gasteiger partial charge in [-0.2, -0.15) is 0 Å². The molecule has 1 unspecified atom stereocenters. The van der Waals surface area contributed by atoms with Crippen LogP contribution in [0.4, 0.5) is 15.8 Å². The number of benzene rings is 2. The lowest BCUT2D eigenvalue weighted by molar-refractivity contribution is -0.146. The first kappa shape index (κ1) is 20.8. The van der Waals surface area contributed by atoms with E-state index in [9.17, 15) is 14.0 Å². The number of rotatable bonds is 7. The van der Waals surface area contributed by atoms with Crippen LogP contribution in [0, 0.1) is 5.82 Å². The quantitative estimate of drug-likeness (QED) is 0.612. The van der Waals surface area contributed by atoms with Crippen molar-refractivity contribution in [3.63, 3.8) is 0 Å². The molecule has 2 aromatic carbocycles. The summed E-state index contributed by atoms with van der Waals surface area (Å²) in [6.07, 6.45) is -0.264.